The lowest BCUT2D eigenvalue weighted by molar-refractivity contribution is 0.102. The summed E-state index contributed by atoms with van der Waals surface area (Å²) >= 11 is 2.81. The molecule has 1 amide bonds. The molecule has 1 N–H and O–H groups in total. The van der Waals surface area contributed by atoms with E-state index in [9.17, 15) is 4.79 Å². The summed E-state index contributed by atoms with van der Waals surface area (Å²) in [5.41, 5.74) is 0.867. The molecule has 2 aromatic rings. The number of aryl methyl sites for hydroxylation is 2. The molecular weight excluding hydrogens is 320 g/mol. The van der Waals surface area contributed by atoms with E-state index in [0.717, 1.165) is 48.0 Å². The Balaban J connectivity index is 1.71. The van der Waals surface area contributed by atoms with Crippen molar-refractivity contribution in [2.75, 3.05) is 11.9 Å². The largest absolute Gasteiger partial charge is 0.371 e. The van der Waals surface area contributed by atoms with E-state index in [2.05, 4.69) is 27.4 Å². The van der Waals surface area contributed by atoms with Gasteiger partial charge in [0.05, 0.1) is 10.7 Å². The fourth-order valence-corrected chi connectivity index (χ4v) is 4.08. The molecule has 1 fully saturated rings. The highest BCUT2D eigenvalue weighted by Crippen LogP contribution is 2.32. The average Bonchev–Trinajstić information content (AvgIpc) is 3.19. The summed E-state index contributed by atoms with van der Waals surface area (Å²) in [5.74, 6) is -0.149. The van der Waals surface area contributed by atoms with Crippen molar-refractivity contribution in [1.29, 1.82) is 0 Å². The van der Waals surface area contributed by atoms with E-state index < -0.39 is 0 Å². The predicted octanol–water partition coefficient (Wildman–Crippen LogP) is 3.36. The molecule has 2 aromatic heterocycles. The molecule has 22 heavy (non-hydrogen) atoms. The number of rotatable bonds is 5. The monoisotopic (exact) mass is 338 g/mol. The number of amides is 1. The minimum absolute atomic E-state index is 0.0319. The van der Waals surface area contributed by atoms with Gasteiger partial charge in [-0.1, -0.05) is 24.7 Å². The molecular formula is C14H18N4O2S2. The number of aromatic nitrogens is 3. The quantitative estimate of drug-likeness (QED) is 0.904. The van der Waals surface area contributed by atoms with Gasteiger partial charge in [-0.2, -0.15) is 0 Å². The molecule has 0 spiro atoms. The van der Waals surface area contributed by atoms with Crippen molar-refractivity contribution in [2.45, 2.75) is 45.6 Å². The zero-order chi connectivity index (χ0) is 15.5. The first-order valence-electron chi connectivity index (χ1n) is 7.40. The Morgan fingerprint density at radius 1 is 1.41 bits per heavy atom. The molecule has 1 unspecified atom stereocenters. The second kappa shape index (κ2) is 6.80. The van der Waals surface area contributed by atoms with Crippen LogP contribution in [-0.4, -0.2) is 27.7 Å². The average molecular weight is 338 g/mol. The number of nitrogens with one attached hydrogen (secondary N) is 1. The van der Waals surface area contributed by atoms with Gasteiger partial charge in [-0.15, -0.1) is 21.5 Å². The number of hydrogen-bond acceptors (Lipinski definition) is 7. The van der Waals surface area contributed by atoms with Crippen LogP contribution in [0.25, 0.3) is 0 Å². The summed E-state index contributed by atoms with van der Waals surface area (Å²) < 4.78 is 5.58. The highest BCUT2D eigenvalue weighted by Gasteiger charge is 2.23. The van der Waals surface area contributed by atoms with E-state index in [4.69, 9.17) is 4.74 Å². The number of carbonyl (C=O) groups is 1. The fraction of sp³-hybridized carbons (Fsp3) is 0.571. The molecule has 3 heterocycles. The van der Waals surface area contributed by atoms with Crippen LogP contribution in [0.4, 0.5) is 5.13 Å². The Kier molecular flexibility index (Phi) is 4.80. The van der Waals surface area contributed by atoms with Crippen LogP contribution in [-0.2, 0) is 11.2 Å². The van der Waals surface area contributed by atoms with Gasteiger partial charge in [0.25, 0.3) is 5.91 Å². The van der Waals surface area contributed by atoms with Crippen LogP contribution in [0.3, 0.4) is 0 Å². The molecule has 8 heteroatoms. The third kappa shape index (κ3) is 3.34. The van der Waals surface area contributed by atoms with Crippen LogP contribution in [0.2, 0.25) is 0 Å². The van der Waals surface area contributed by atoms with Gasteiger partial charge in [0, 0.05) is 6.61 Å². The van der Waals surface area contributed by atoms with Gasteiger partial charge < -0.3 is 4.74 Å². The van der Waals surface area contributed by atoms with Crippen LogP contribution in [0, 0.1) is 6.92 Å². The van der Waals surface area contributed by atoms with Crippen LogP contribution in [0.15, 0.2) is 0 Å². The molecule has 0 aromatic carbocycles. The first-order chi connectivity index (χ1) is 10.7. The summed E-state index contributed by atoms with van der Waals surface area (Å²) in [6, 6.07) is 0. The summed E-state index contributed by atoms with van der Waals surface area (Å²) in [7, 11) is 0. The molecule has 0 saturated carbocycles. The van der Waals surface area contributed by atoms with E-state index in [0.29, 0.717) is 10.0 Å². The van der Waals surface area contributed by atoms with Crippen LogP contribution < -0.4 is 5.32 Å². The summed E-state index contributed by atoms with van der Waals surface area (Å²) in [4.78, 5) is 17.5. The third-order valence-electron chi connectivity index (χ3n) is 3.36. The van der Waals surface area contributed by atoms with Crippen molar-refractivity contribution >= 4 is 33.7 Å². The zero-order valence-electron chi connectivity index (χ0n) is 12.6. The number of anilines is 1. The lowest BCUT2D eigenvalue weighted by Crippen LogP contribution is -2.12. The van der Waals surface area contributed by atoms with Gasteiger partial charge in [-0.3, -0.25) is 10.1 Å². The minimum Gasteiger partial charge on any atom is -0.371 e. The van der Waals surface area contributed by atoms with Crippen molar-refractivity contribution in [3.8, 4) is 0 Å². The Morgan fingerprint density at radius 3 is 3.00 bits per heavy atom. The lowest BCUT2D eigenvalue weighted by atomic mass is 10.2. The van der Waals surface area contributed by atoms with Gasteiger partial charge in [0.2, 0.25) is 5.13 Å². The molecule has 0 aliphatic carbocycles. The summed E-state index contributed by atoms with van der Waals surface area (Å²) in [5, 5.41) is 13.3. The second-order valence-corrected chi connectivity index (χ2v) is 7.37. The van der Waals surface area contributed by atoms with Crippen molar-refractivity contribution in [1.82, 2.24) is 15.2 Å². The second-order valence-electron chi connectivity index (χ2n) is 5.16. The van der Waals surface area contributed by atoms with Crippen molar-refractivity contribution < 1.29 is 9.53 Å². The number of hydrogen-bond donors (Lipinski definition) is 1. The maximum Gasteiger partial charge on any atom is 0.269 e. The third-order valence-corrected chi connectivity index (χ3v) is 5.31. The first kappa shape index (κ1) is 15.5. The van der Waals surface area contributed by atoms with Gasteiger partial charge in [0.1, 0.15) is 16.0 Å². The van der Waals surface area contributed by atoms with Crippen molar-refractivity contribution in [3.05, 3.63) is 20.6 Å². The number of carbonyl (C=O) groups excluding carboxylic acids is 1. The maximum atomic E-state index is 12.4. The van der Waals surface area contributed by atoms with Gasteiger partial charge in [0.15, 0.2) is 0 Å². The molecule has 6 nitrogen and oxygen atoms in total. The van der Waals surface area contributed by atoms with Crippen LogP contribution in [0.1, 0.15) is 57.7 Å². The molecule has 3 rings (SSSR count). The SMILES string of the molecule is CCCc1nc(C)sc1C(=O)Nc1nnc(C2CCCO2)s1. The molecule has 1 aliphatic rings. The summed E-state index contributed by atoms with van der Waals surface area (Å²) in [6.07, 6.45) is 3.82. The number of thiazole rings is 1. The van der Waals surface area contributed by atoms with E-state index in [1.807, 2.05) is 6.92 Å². The zero-order valence-corrected chi connectivity index (χ0v) is 14.2. The molecule has 0 radical (unpaired) electrons. The first-order valence-corrected chi connectivity index (χ1v) is 9.03. The van der Waals surface area contributed by atoms with Crippen LogP contribution in [0.5, 0.6) is 0 Å². The number of ether oxygens (including phenoxy) is 1. The Labute approximate surface area is 137 Å². The molecule has 118 valence electrons. The molecule has 1 saturated heterocycles. The van der Waals surface area contributed by atoms with Crippen LogP contribution >= 0.6 is 22.7 Å². The Morgan fingerprint density at radius 2 is 2.27 bits per heavy atom. The van der Waals surface area contributed by atoms with Gasteiger partial charge >= 0.3 is 0 Å². The standard InChI is InChI=1S/C14H18N4O2S2/c1-3-5-9-11(21-8(2)15-9)12(19)16-14-18-17-13(22-14)10-6-4-7-20-10/h10H,3-7H2,1-2H3,(H,16,18,19). The maximum absolute atomic E-state index is 12.4. The topological polar surface area (TPSA) is 77.0 Å². The Hall–Kier alpha value is -1.38. The smallest absolute Gasteiger partial charge is 0.269 e. The highest BCUT2D eigenvalue weighted by atomic mass is 32.1. The molecule has 1 aliphatic heterocycles. The minimum atomic E-state index is -0.149. The number of nitrogens with zero attached hydrogens (tertiary/aromatic N) is 3. The summed E-state index contributed by atoms with van der Waals surface area (Å²) in [6.45, 7) is 4.77. The normalized spacial score (nSPS) is 17.8. The van der Waals surface area contributed by atoms with Crippen molar-refractivity contribution in [2.24, 2.45) is 0 Å². The Bertz CT molecular complexity index is 662. The molecule has 1 atom stereocenters. The van der Waals surface area contributed by atoms with E-state index in [1.165, 1.54) is 22.7 Å². The lowest BCUT2D eigenvalue weighted by Gasteiger charge is -2.02. The van der Waals surface area contributed by atoms with E-state index in [-0.39, 0.29) is 12.0 Å². The van der Waals surface area contributed by atoms with E-state index >= 15 is 0 Å². The predicted molar refractivity (Wildman–Crippen MR) is 86.6 cm³/mol. The molecule has 0 bridgehead atoms. The fourth-order valence-electron chi connectivity index (χ4n) is 2.40. The van der Waals surface area contributed by atoms with Crippen molar-refractivity contribution in [3.63, 3.8) is 0 Å². The van der Waals surface area contributed by atoms with Gasteiger partial charge in [-0.25, -0.2) is 4.98 Å². The van der Waals surface area contributed by atoms with E-state index in [1.54, 1.807) is 0 Å². The highest BCUT2D eigenvalue weighted by molar-refractivity contribution is 7.16. The van der Waals surface area contributed by atoms with Gasteiger partial charge in [-0.05, 0) is 26.2 Å².